The van der Waals surface area contributed by atoms with Gasteiger partial charge in [-0.2, -0.15) is 5.10 Å². The van der Waals surface area contributed by atoms with Crippen molar-refractivity contribution in [3.05, 3.63) is 83.8 Å². The number of carbonyl (C=O) groups is 1. The van der Waals surface area contributed by atoms with E-state index in [-0.39, 0.29) is 11.7 Å². The Morgan fingerprint density at radius 1 is 1.14 bits per heavy atom. The van der Waals surface area contributed by atoms with Crippen molar-refractivity contribution < 1.29 is 13.9 Å². The average molecular weight is 488 g/mol. The molecule has 4 rings (SSSR count). The van der Waals surface area contributed by atoms with Gasteiger partial charge < -0.3 is 9.15 Å². The Morgan fingerprint density at radius 3 is 2.60 bits per heavy atom. The third-order valence-corrected chi connectivity index (χ3v) is 5.91. The van der Waals surface area contributed by atoms with Gasteiger partial charge in [-0.1, -0.05) is 29.5 Å². The molecule has 9 heteroatoms. The number of furan rings is 1. The second kappa shape index (κ2) is 11.3. The minimum atomic E-state index is -0.249. The van der Waals surface area contributed by atoms with Crippen LogP contribution >= 0.6 is 11.8 Å². The van der Waals surface area contributed by atoms with Crippen molar-refractivity contribution in [1.29, 1.82) is 0 Å². The van der Waals surface area contributed by atoms with Gasteiger partial charge in [0, 0.05) is 11.3 Å². The highest BCUT2D eigenvalue weighted by Gasteiger charge is 2.17. The van der Waals surface area contributed by atoms with E-state index in [1.165, 1.54) is 11.8 Å². The van der Waals surface area contributed by atoms with Gasteiger partial charge in [-0.25, -0.2) is 5.43 Å². The number of benzene rings is 2. The van der Waals surface area contributed by atoms with Crippen LogP contribution in [0, 0.1) is 6.92 Å². The summed E-state index contributed by atoms with van der Waals surface area (Å²) in [6, 6.07) is 19.4. The number of nitrogens with one attached hydrogen (secondary N) is 1. The lowest BCUT2D eigenvalue weighted by molar-refractivity contribution is -0.118. The van der Waals surface area contributed by atoms with Crippen molar-refractivity contribution in [1.82, 2.24) is 20.2 Å². The van der Waals surface area contributed by atoms with E-state index >= 15 is 0 Å². The molecule has 0 radical (unpaired) electrons. The number of methoxy groups -OCH3 is 1. The maximum absolute atomic E-state index is 12.4. The van der Waals surface area contributed by atoms with Crippen LogP contribution in [0.3, 0.4) is 0 Å². The van der Waals surface area contributed by atoms with Crippen LogP contribution in [-0.4, -0.2) is 39.7 Å². The van der Waals surface area contributed by atoms with Gasteiger partial charge in [0.2, 0.25) is 0 Å². The molecule has 178 valence electrons. The zero-order valence-corrected chi connectivity index (χ0v) is 20.5. The number of aromatic nitrogens is 3. The molecule has 0 aliphatic carbocycles. The van der Waals surface area contributed by atoms with E-state index < -0.39 is 0 Å². The summed E-state index contributed by atoms with van der Waals surface area (Å²) in [6.45, 7) is 3.91. The highest BCUT2D eigenvalue weighted by atomic mass is 32.2. The minimum absolute atomic E-state index is 0.130. The molecular weight excluding hydrogens is 462 g/mol. The van der Waals surface area contributed by atoms with Crippen LogP contribution in [0.25, 0.3) is 23.2 Å². The number of ether oxygens (including phenoxy) is 1. The van der Waals surface area contributed by atoms with Crippen LogP contribution in [0.1, 0.15) is 18.2 Å². The molecule has 4 aromatic rings. The summed E-state index contributed by atoms with van der Waals surface area (Å²) in [5.41, 5.74) is 6.34. The summed E-state index contributed by atoms with van der Waals surface area (Å²) in [6.07, 6.45) is 5.00. The molecule has 0 unspecified atom stereocenters. The van der Waals surface area contributed by atoms with E-state index in [1.807, 2.05) is 85.2 Å². The van der Waals surface area contributed by atoms with E-state index in [0.29, 0.717) is 11.0 Å². The Labute approximate surface area is 207 Å². The quantitative estimate of drug-likeness (QED) is 0.200. The van der Waals surface area contributed by atoms with Gasteiger partial charge in [-0.3, -0.25) is 9.36 Å². The Bertz CT molecular complexity index is 1320. The summed E-state index contributed by atoms with van der Waals surface area (Å²) >= 11 is 1.29. The second-order valence-corrected chi connectivity index (χ2v) is 8.63. The first-order chi connectivity index (χ1) is 17.0. The molecule has 2 aromatic heterocycles. The molecule has 35 heavy (non-hydrogen) atoms. The fourth-order valence-corrected chi connectivity index (χ4v) is 3.96. The monoisotopic (exact) mass is 487 g/mol. The SMILES string of the molecule is COc1ccc(-c2nnc(SCC(=O)N/N=C\C(C)=C\c3ccco3)n2-c2ccc(C)cc2)cc1. The summed E-state index contributed by atoms with van der Waals surface area (Å²) in [5, 5.41) is 13.4. The fraction of sp³-hybridized carbons (Fsp3) is 0.154. The third-order valence-electron chi connectivity index (χ3n) is 4.98. The number of thioether (sulfide) groups is 1. The predicted octanol–water partition coefficient (Wildman–Crippen LogP) is 5.14. The van der Waals surface area contributed by atoms with Crippen molar-refractivity contribution in [2.75, 3.05) is 12.9 Å². The number of aryl methyl sites for hydroxylation is 1. The van der Waals surface area contributed by atoms with Gasteiger partial charge in [0.25, 0.3) is 5.91 Å². The van der Waals surface area contributed by atoms with E-state index in [4.69, 9.17) is 9.15 Å². The number of hydrogen-bond donors (Lipinski definition) is 1. The van der Waals surface area contributed by atoms with Crippen molar-refractivity contribution in [2.45, 2.75) is 19.0 Å². The lowest BCUT2D eigenvalue weighted by Gasteiger charge is -2.11. The summed E-state index contributed by atoms with van der Waals surface area (Å²) in [7, 11) is 1.63. The van der Waals surface area contributed by atoms with Crippen LogP contribution in [0.4, 0.5) is 0 Å². The number of rotatable bonds is 9. The molecule has 0 atom stereocenters. The standard InChI is InChI=1S/C26H25N5O3S/c1-18-6-10-21(11-7-18)31-25(20-8-12-22(33-3)13-9-20)29-30-26(31)35-17-24(32)28-27-16-19(2)15-23-5-4-14-34-23/h4-16H,17H2,1-3H3,(H,28,32)/b19-15+,27-16-. The molecule has 0 aliphatic heterocycles. The Hall–Kier alpha value is -4.11. The molecule has 1 amide bonds. The maximum atomic E-state index is 12.4. The Morgan fingerprint density at radius 2 is 1.91 bits per heavy atom. The highest BCUT2D eigenvalue weighted by molar-refractivity contribution is 7.99. The highest BCUT2D eigenvalue weighted by Crippen LogP contribution is 2.29. The summed E-state index contributed by atoms with van der Waals surface area (Å²) in [4.78, 5) is 12.4. The van der Waals surface area contributed by atoms with Gasteiger partial charge >= 0.3 is 0 Å². The van der Waals surface area contributed by atoms with Gasteiger partial charge in [0.05, 0.1) is 25.3 Å². The molecule has 1 N–H and O–H groups in total. The van der Waals surface area contributed by atoms with Crippen LogP contribution < -0.4 is 10.2 Å². The number of allylic oxidation sites excluding steroid dienone is 1. The molecule has 0 fully saturated rings. The van der Waals surface area contributed by atoms with E-state index in [9.17, 15) is 4.79 Å². The van der Waals surface area contributed by atoms with Gasteiger partial charge in [0.15, 0.2) is 11.0 Å². The molecule has 0 bridgehead atoms. The zero-order valence-electron chi connectivity index (χ0n) is 19.6. The maximum Gasteiger partial charge on any atom is 0.250 e. The number of hydrogen-bond acceptors (Lipinski definition) is 7. The lowest BCUT2D eigenvalue weighted by Crippen LogP contribution is -2.20. The van der Waals surface area contributed by atoms with Gasteiger partial charge in [-0.05, 0) is 74.0 Å². The van der Waals surface area contributed by atoms with Crippen molar-refractivity contribution in [3.63, 3.8) is 0 Å². The normalized spacial score (nSPS) is 11.7. The second-order valence-electron chi connectivity index (χ2n) is 7.69. The molecule has 2 heterocycles. The number of amides is 1. The Balaban J connectivity index is 1.48. The molecule has 0 spiro atoms. The van der Waals surface area contributed by atoms with Gasteiger partial charge in [0.1, 0.15) is 11.5 Å². The third kappa shape index (κ3) is 6.27. The van der Waals surface area contributed by atoms with Crippen molar-refractivity contribution >= 4 is 30.0 Å². The van der Waals surface area contributed by atoms with Crippen LogP contribution in [0.15, 0.2) is 87.2 Å². The molecule has 2 aromatic carbocycles. The van der Waals surface area contributed by atoms with Crippen molar-refractivity contribution in [3.8, 4) is 22.8 Å². The first kappa shape index (κ1) is 24.0. The topological polar surface area (TPSA) is 94.5 Å². The summed E-state index contributed by atoms with van der Waals surface area (Å²) in [5.74, 6) is 2.04. The average Bonchev–Trinajstić information content (AvgIpc) is 3.53. The van der Waals surface area contributed by atoms with E-state index in [1.54, 1.807) is 19.6 Å². The smallest absolute Gasteiger partial charge is 0.250 e. The lowest BCUT2D eigenvalue weighted by atomic mass is 10.2. The van der Waals surface area contributed by atoms with Gasteiger partial charge in [-0.15, -0.1) is 10.2 Å². The number of nitrogens with zero attached hydrogens (tertiary/aromatic N) is 4. The van der Waals surface area contributed by atoms with Crippen LogP contribution in [-0.2, 0) is 4.79 Å². The molecule has 0 saturated heterocycles. The zero-order chi connectivity index (χ0) is 24.6. The molecule has 0 aliphatic rings. The number of carbonyl (C=O) groups excluding carboxylic acids is 1. The number of hydrazone groups is 1. The first-order valence-electron chi connectivity index (χ1n) is 10.9. The fourth-order valence-electron chi connectivity index (χ4n) is 3.22. The summed E-state index contributed by atoms with van der Waals surface area (Å²) < 4.78 is 12.5. The largest absolute Gasteiger partial charge is 0.497 e. The molecular formula is C26H25N5O3S. The van der Waals surface area contributed by atoms with Crippen LogP contribution in [0.2, 0.25) is 0 Å². The Kier molecular flexibility index (Phi) is 7.79. The van der Waals surface area contributed by atoms with Crippen molar-refractivity contribution in [2.24, 2.45) is 5.10 Å². The molecule has 8 nitrogen and oxygen atoms in total. The first-order valence-corrected chi connectivity index (χ1v) is 11.9. The minimum Gasteiger partial charge on any atom is -0.497 e. The predicted molar refractivity (Wildman–Crippen MR) is 138 cm³/mol. The van der Waals surface area contributed by atoms with Crippen LogP contribution in [0.5, 0.6) is 5.75 Å². The van der Waals surface area contributed by atoms with E-state index in [2.05, 4.69) is 20.7 Å². The molecule has 0 saturated carbocycles. The van der Waals surface area contributed by atoms with E-state index in [0.717, 1.165) is 33.9 Å².